The van der Waals surface area contributed by atoms with Crippen molar-refractivity contribution in [2.75, 3.05) is 7.11 Å². The first-order chi connectivity index (χ1) is 6.86. The molecule has 7 heteroatoms. The summed E-state index contributed by atoms with van der Waals surface area (Å²) in [5.74, 6) is 0.148. The minimum absolute atomic E-state index is 0.0363. The lowest BCUT2D eigenvalue weighted by atomic mass is 10.2. The molecule has 0 saturated carbocycles. The maximum Gasteiger partial charge on any atom is 0.420 e. The van der Waals surface area contributed by atoms with Crippen molar-refractivity contribution in [2.45, 2.75) is 12.3 Å². The molecular formula is C8H7ClF3NO2. The number of aromatic nitrogens is 1. The number of rotatable bonds is 2. The summed E-state index contributed by atoms with van der Waals surface area (Å²) in [6.07, 6.45) is -6.38. The molecule has 0 aliphatic heterocycles. The Kier molecular flexibility index (Phi) is 3.41. The Morgan fingerprint density at radius 3 is 2.53 bits per heavy atom. The van der Waals surface area contributed by atoms with Crippen LogP contribution in [0.4, 0.5) is 13.2 Å². The maximum atomic E-state index is 12.1. The third kappa shape index (κ3) is 2.73. The maximum absolute atomic E-state index is 12.1. The molecule has 1 atom stereocenters. The lowest BCUT2D eigenvalue weighted by Gasteiger charge is -2.14. The Balaban J connectivity index is 3.02. The highest BCUT2D eigenvalue weighted by atomic mass is 35.5. The van der Waals surface area contributed by atoms with E-state index in [4.69, 9.17) is 21.4 Å². The second-order valence-corrected chi connectivity index (χ2v) is 3.10. The van der Waals surface area contributed by atoms with Crippen LogP contribution in [0.5, 0.6) is 5.75 Å². The monoisotopic (exact) mass is 241 g/mol. The highest BCUT2D eigenvalue weighted by Crippen LogP contribution is 2.34. The molecule has 1 heterocycles. The second-order valence-electron chi connectivity index (χ2n) is 2.69. The van der Waals surface area contributed by atoms with Crippen molar-refractivity contribution in [1.29, 1.82) is 0 Å². The molecule has 1 aromatic rings. The quantitative estimate of drug-likeness (QED) is 0.864. The van der Waals surface area contributed by atoms with Crippen LogP contribution in [0.25, 0.3) is 0 Å². The van der Waals surface area contributed by atoms with E-state index in [1.54, 1.807) is 0 Å². The molecule has 0 aromatic carbocycles. The minimum Gasteiger partial charge on any atom is -0.494 e. The Hall–Kier alpha value is -1.01. The van der Waals surface area contributed by atoms with Gasteiger partial charge in [0.25, 0.3) is 0 Å². The van der Waals surface area contributed by atoms with E-state index in [1.807, 2.05) is 0 Å². The smallest absolute Gasteiger partial charge is 0.420 e. The predicted octanol–water partition coefficient (Wildman–Crippen LogP) is 2.34. The van der Waals surface area contributed by atoms with E-state index in [1.165, 1.54) is 7.11 Å². The van der Waals surface area contributed by atoms with E-state index >= 15 is 0 Å². The zero-order valence-corrected chi connectivity index (χ0v) is 8.30. The van der Waals surface area contributed by atoms with Crippen molar-refractivity contribution in [3.63, 3.8) is 0 Å². The van der Waals surface area contributed by atoms with Crippen LogP contribution in [0.3, 0.4) is 0 Å². The fourth-order valence-corrected chi connectivity index (χ4v) is 1.14. The number of ether oxygens (including phenoxy) is 1. The van der Waals surface area contributed by atoms with Crippen molar-refractivity contribution in [3.8, 4) is 5.75 Å². The summed E-state index contributed by atoms with van der Waals surface area (Å²) in [5.41, 5.74) is -0.562. The first kappa shape index (κ1) is 12.1. The molecule has 0 spiro atoms. The Bertz CT molecular complexity index is 356. The number of pyridine rings is 1. The van der Waals surface area contributed by atoms with Crippen LogP contribution in [-0.2, 0) is 0 Å². The van der Waals surface area contributed by atoms with E-state index in [2.05, 4.69) is 4.98 Å². The van der Waals surface area contributed by atoms with Crippen molar-refractivity contribution >= 4 is 11.6 Å². The largest absolute Gasteiger partial charge is 0.494 e. The van der Waals surface area contributed by atoms with Gasteiger partial charge in [-0.2, -0.15) is 13.2 Å². The van der Waals surface area contributed by atoms with E-state index in [9.17, 15) is 13.2 Å². The summed E-state index contributed by atoms with van der Waals surface area (Å²) in [6, 6.07) is 0.915. The number of hydrogen-bond donors (Lipinski definition) is 1. The average Bonchev–Trinajstić information content (AvgIpc) is 2.15. The third-order valence-corrected chi connectivity index (χ3v) is 1.95. The molecule has 15 heavy (non-hydrogen) atoms. The van der Waals surface area contributed by atoms with Crippen LogP contribution in [-0.4, -0.2) is 23.4 Å². The van der Waals surface area contributed by atoms with Gasteiger partial charge in [-0.3, -0.25) is 4.98 Å². The van der Waals surface area contributed by atoms with Crippen molar-refractivity contribution in [1.82, 2.24) is 4.98 Å². The number of halogens is 4. The van der Waals surface area contributed by atoms with Crippen LogP contribution < -0.4 is 4.74 Å². The Morgan fingerprint density at radius 1 is 1.53 bits per heavy atom. The molecule has 3 nitrogen and oxygen atoms in total. The highest BCUT2D eigenvalue weighted by Gasteiger charge is 2.40. The molecule has 0 bridgehead atoms. The van der Waals surface area contributed by atoms with E-state index < -0.39 is 18.0 Å². The van der Waals surface area contributed by atoms with Gasteiger partial charge >= 0.3 is 6.18 Å². The summed E-state index contributed by atoms with van der Waals surface area (Å²) < 4.78 is 41.0. The molecule has 0 fully saturated rings. The SMILES string of the molecule is COc1cnc(C(O)C(F)(F)F)cc1Cl. The summed E-state index contributed by atoms with van der Waals surface area (Å²) in [5, 5.41) is 8.82. The van der Waals surface area contributed by atoms with Crippen molar-refractivity contribution in [2.24, 2.45) is 0 Å². The predicted molar refractivity (Wildman–Crippen MR) is 46.8 cm³/mol. The molecule has 0 radical (unpaired) electrons. The molecule has 0 aliphatic rings. The number of nitrogens with zero attached hydrogens (tertiary/aromatic N) is 1. The number of aliphatic hydroxyl groups is 1. The molecule has 0 saturated heterocycles. The summed E-state index contributed by atoms with van der Waals surface area (Å²) in [4.78, 5) is 3.40. The Morgan fingerprint density at radius 2 is 2.13 bits per heavy atom. The van der Waals surface area contributed by atoms with Gasteiger partial charge in [-0.1, -0.05) is 11.6 Å². The van der Waals surface area contributed by atoms with Gasteiger partial charge in [0, 0.05) is 0 Å². The first-order valence-electron chi connectivity index (χ1n) is 3.80. The normalized spacial score (nSPS) is 13.7. The van der Waals surface area contributed by atoms with E-state index in [-0.39, 0.29) is 10.8 Å². The molecule has 1 aromatic heterocycles. The fourth-order valence-electron chi connectivity index (χ4n) is 0.900. The van der Waals surface area contributed by atoms with Crippen LogP contribution in [0.15, 0.2) is 12.3 Å². The van der Waals surface area contributed by atoms with E-state index in [0.29, 0.717) is 0 Å². The number of hydrogen-bond acceptors (Lipinski definition) is 3. The third-order valence-electron chi connectivity index (χ3n) is 1.65. The fraction of sp³-hybridized carbons (Fsp3) is 0.375. The summed E-state index contributed by atoms with van der Waals surface area (Å²) in [7, 11) is 1.31. The number of methoxy groups -OCH3 is 1. The molecule has 0 aliphatic carbocycles. The molecule has 1 N–H and O–H groups in total. The zero-order valence-electron chi connectivity index (χ0n) is 7.55. The summed E-state index contributed by atoms with van der Waals surface area (Å²) >= 11 is 5.58. The highest BCUT2D eigenvalue weighted by molar-refractivity contribution is 6.32. The van der Waals surface area contributed by atoms with Crippen molar-refractivity contribution in [3.05, 3.63) is 23.0 Å². The van der Waals surface area contributed by atoms with Gasteiger partial charge in [-0.15, -0.1) is 0 Å². The molecular weight excluding hydrogens is 235 g/mol. The van der Waals surface area contributed by atoms with Gasteiger partial charge < -0.3 is 9.84 Å². The van der Waals surface area contributed by atoms with Gasteiger partial charge in [-0.05, 0) is 6.07 Å². The molecule has 1 unspecified atom stereocenters. The van der Waals surface area contributed by atoms with Gasteiger partial charge in [0.2, 0.25) is 0 Å². The topological polar surface area (TPSA) is 42.4 Å². The standard InChI is InChI=1S/C8H7ClF3NO2/c1-15-6-3-13-5(2-4(6)9)7(14)8(10,11)12/h2-3,7,14H,1H3. The minimum atomic E-state index is -4.76. The van der Waals surface area contributed by atoms with Gasteiger partial charge in [0.15, 0.2) is 11.9 Å². The number of alkyl halides is 3. The molecule has 84 valence electrons. The number of aliphatic hydroxyl groups excluding tert-OH is 1. The van der Waals surface area contributed by atoms with Crippen LogP contribution in [0.2, 0.25) is 5.02 Å². The van der Waals surface area contributed by atoms with Crippen LogP contribution in [0.1, 0.15) is 11.8 Å². The average molecular weight is 242 g/mol. The van der Waals surface area contributed by atoms with Crippen LogP contribution >= 0.6 is 11.6 Å². The molecule has 0 amide bonds. The van der Waals surface area contributed by atoms with Crippen molar-refractivity contribution < 1.29 is 23.0 Å². The lowest BCUT2D eigenvalue weighted by molar-refractivity contribution is -0.207. The Labute approximate surface area is 88.5 Å². The first-order valence-corrected chi connectivity index (χ1v) is 4.18. The van der Waals surface area contributed by atoms with Gasteiger partial charge in [0.05, 0.1) is 24.0 Å². The van der Waals surface area contributed by atoms with Gasteiger partial charge in [-0.25, -0.2) is 0 Å². The lowest BCUT2D eigenvalue weighted by Crippen LogP contribution is -2.21. The summed E-state index contributed by atoms with van der Waals surface area (Å²) in [6.45, 7) is 0. The zero-order chi connectivity index (χ0) is 11.6. The van der Waals surface area contributed by atoms with Crippen LogP contribution in [0, 0.1) is 0 Å². The van der Waals surface area contributed by atoms with E-state index in [0.717, 1.165) is 12.3 Å². The molecule has 1 rings (SSSR count). The van der Waals surface area contributed by atoms with Gasteiger partial charge in [0.1, 0.15) is 0 Å². The second kappa shape index (κ2) is 4.24.